The molecule has 0 aliphatic carbocycles. The third kappa shape index (κ3) is 3.22. The molecule has 0 bridgehead atoms. The fourth-order valence-electron chi connectivity index (χ4n) is 1.38. The number of benzene rings is 1. The normalized spacial score (nSPS) is 11.2. The van der Waals surface area contributed by atoms with Crippen molar-refractivity contribution in [2.45, 2.75) is 33.6 Å². The van der Waals surface area contributed by atoms with E-state index in [9.17, 15) is 0 Å². The Morgan fingerprint density at radius 3 is 1.85 bits per heavy atom. The van der Waals surface area contributed by atoms with Crippen LogP contribution in [0, 0.1) is 12.3 Å². The van der Waals surface area contributed by atoms with Gasteiger partial charge in [0.05, 0.1) is 0 Å². The third-order valence-corrected chi connectivity index (χ3v) is 2.13. The van der Waals surface area contributed by atoms with Gasteiger partial charge in [-0.05, 0) is 29.4 Å². The molecule has 0 saturated carbocycles. The van der Waals surface area contributed by atoms with Gasteiger partial charge >= 0.3 is 0 Å². The summed E-state index contributed by atoms with van der Waals surface area (Å²) < 4.78 is 0. The van der Waals surface area contributed by atoms with Gasteiger partial charge in [0.1, 0.15) is 0 Å². The minimum absolute atomic E-state index is 0.630. The van der Waals surface area contributed by atoms with Crippen molar-refractivity contribution in [1.82, 2.24) is 0 Å². The van der Waals surface area contributed by atoms with Crippen LogP contribution >= 0.6 is 0 Å². The van der Waals surface area contributed by atoms with Crippen molar-refractivity contribution < 1.29 is 0 Å². The molecular weight excluding hydrogens is 156 g/mol. The van der Waals surface area contributed by atoms with Crippen molar-refractivity contribution in [3.63, 3.8) is 0 Å². The van der Waals surface area contributed by atoms with Gasteiger partial charge in [0.25, 0.3) is 0 Å². The van der Waals surface area contributed by atoms with Crippen molar-refractivity contribution >= 4 is 0 Å². The summed E-state index contributed by atoms with van der Waals surface area (Å²) in [5, 5.41) is 0. The molecule has 0 aromatic heterocycles. The molecule has 0 N–H and O–H groups in total. The second-order valence-electron chi connectivity index (χ2n) is 4.23. The predicted molar refractivity (Wildman–Crippen MR) is 58.8 cm³/mol. The monoisotopic (exact) mass is 175 g/mol. The summed E-state index contributed by atoms with van der Waals surface area (Å²) in [7, 11) is 0. The van der Waals surface area contributed by atoms with E-state index in [1.165, 1.54) is 11.1 Å². The summed E-state index contributed by atoms with van der Waals surface area (Å²) in [6, 6.07) is 8.85. The highest BCUT2D eigenvalue weighted by Crippen LogP contribution is 2.17. The zero-order chi connectivity index (χ0) is 9.84. The first-order chi connectivity index (χ1) is 6.09. The Kier molecular flexibility index (Phi) is 3.53. The van der Waals surface area contributed by atoms with Crippen LogP contribution in [0.5, 0.6) is 0 Å². The lowest BCUT2D eigenvalue weighted by Crippen LogP contribution is -1.92. The van der Waals surface area contributed by atoms with Gasteiger partial charge in [0.15, 0.2) is 0 Å². The minimum atomic E-state index is 0.630. The molecule has 1 aromatic rings. The summed E-state index contributed by atoms with van der Waals surface area (Å²) in [5.74, 6) is 1.26. The highest BCUT2D eigenvalue weighted by atomic mass is 14.1. The number of hydrogen-bond acceptors (Lipinski definition) is 0. The molecule has 0 aliphatic heterocycles. The van der Waals surface area contributed by atoms with E-state index in [0.717, 1.165) is 0 Å². The average Bonchev–Trinajstić information content (AvgIpc) is 2.04. The Balaban J connectivity index is 2.70. The van der Waals surface area contributed by atoms with Crippen LogP contribution < -0.4 is 0 Å². The highest BCUT2D eigenvalue weighted by Gasteiger charge is 2.00. The van der Waals surface area contributed by atoms with Gasteiger partial charge < -0.3 is 0 Å². The lowest BCUT2D eigenvalue weighted by Gasteiger charge is -2.07. The summed E-state index contributed by atoms with van der Waals surface area (Å²) in [6.45, 7) is 8.86. The number of rotatable bonds is 3. The topological polar surface area (TPSA) is 0 Å². The molecule has 0 saturated heterocycles. The standard InChI is InChI=1S/C13H19/c1-10(2)9-12-5-7-13(8-6-12)11(3)4/h5-11H,1-4H3. The first kappa shape index (κ1) is 10.3. The van der Waals surface area contributed by atoms with Gasteiger partial charge in [-0.25, -0.2) is 0 Å². The molecule has 0 fully saturated rings. The largest absolute Gasteiger partial charge is 0.0622 e. The Hall–Kier alpha value is -0.780. The van der Waals surface area contributed by atoms with Crippen molar-refractivity contribution in [2.24, 2.45) is 5.92 Å². The second-order valence-corrected chi connectivity index (χ2v) is 4.23. The second kappa shape index (κ2) is 4.45. The molecule has 0 unspecified atom stereocenters. The summed E-state index contributed by atoms with van der Waals surface area (Å²) in [4.78, 5) is 0. The van der Waals surface area contributed by atoms with Gasteiger partial charge in [0.2, 0.25) is 0 Å². The van der Waals surface area contributed by atoms with Crippen LogP contribution in [0.1, 0.15) is 44.7 Å². The molecule has 0 aliphatic rings. The SMILES string of the molecule is CC(C)[CH]c1ccc(C(C)C)cc1. The molecule has 0 atom stereocenters. The molecule has 1 aromatic carbocycles. The van der Waals surface area contributed by atoms with Crippen LogP contribution in [0.25, 0.3) is 0 Å². The van der Waals surface area contributed by atoms with Crippen molar-refractivity contribution in [3.8, 4) is 0 Å². The Morgan fingerprint density at radius 2 is 1.46 bits per heavy atom. The maximum Gasteiger partial charge on any atom is -0.00676 e. The zero-order valence-corrected chi connectivity index (χ0v) is 9.04. The smallest absolute Gasteiger partial charge is 0.00676 e. The molecule has 71 valence electrons. The fourth-order valence-corrected chi connectivity index (χ4v) is 1.38. The molecular formula is C13H19. The Bertz CT molecular complexity index is 241. The third-order valence-electron chi connectivity index (χ3n) is 2.13. The van der Waals surface area contributed by atoms with Crippen molar-refractivity contribution in [2.75, 3.05) is 0 Å². The fraction of sp³-hybridized carbons (Fsp3) is 0.462. The molecule has 1 radical (unpaired) electrons. The maximum absolute atomic E-state index is 2.28. The molecule has 13 heavy (non-hydrogen) atoms. The maximum atomic E-state index is 2.28. The van der Waals surface area contributed by atoms with Crippen LogP contribution in [-0.4, -0.2) is 0 Å². The molecule has 0 heterocycles. The van der Waals surface area contributed by atoms with E-state index in [2.05, 4.69) is 58.4 Å². The van der Waals surface area contributed by atoms with Crippen LogP contribution in [-0.2, 0) is 0 Å². The Labute approximate surface area is 82.0 Å². The van der Waals surface area contributed by atoms with Crippen molar-refractivity contribution in [3.05, 3.63) is 41.8 Å². The molecule has 1 rings (SSSR count). The van der Waals surface area contributed by atoms with Crippen LogP contribution in [0.4, 0.5) is 0 Å². The molecule has 0 spiro atoms. The van der Waals surface area contributed by atoms with Gasteiger partial charge in [-0.3, -0.25) is 0 Å². The van der Waals surface area contributed by atoms with E-state index in [0.29, 0.717) is 11.8 Å². The summed E-state index contributed by atoms with van der Waals surface area (Å²) in [5.41, 5.74) is 2.75. The highest BCUT2D eigenvalue weighted by molar-refractivity contribution is 5.29. The van der Waals surface area contributed by atoms with Gasteiger partial charge in [-0.1, -0.05) is 52.0 Å². The van der Waals surface area contributed by atoms with Crippen LogP contribution in [0.3, 0.4) is 0 Å². The zero-order valence-electron chi connectivity index (χ0n) is 9.04. The number of hydrogen-bond donors (Lipinski definition) is 0. The van der Waals surface area contributed by atoms with Crippen molar-refractivity contribution in [1.29, 1.82) is 0 Å². The van der Waals surface area contributed by atoms with E-state index >= 15 is 0 Å². The van der Waals surface area contributed by atoms with E-state index < -0.39 is 0 Å². The lowest BCUT2D eigenvalue weighted by atomic mass is 9.98. The van der Waals surface area contributed by atoms with E-state index in [-0.39, 0.29) is 0 Å². The van der Waals surface area contributed by atoms with E-state index in [1.54, 1.807) is 0 Å². The van der Waals surface area contributed by atoms with Gasteiger partial charge in [0, 0.05) is 0 Å². The Morgan fingerprint density at radius 1 is 0.923 bits per heavy atom. The first-order valence-electron chi connectivity index (χ1n) is 5.04. The van der Waals surface area contributed by atoms with E-state index in [1.807, 2.05) is 0 Å². The van der Waals surface area contributed by atoms with Gasteiger partial charge in [-0.15, -0.1) is 0 Å². The molecule has 0 nitrogen and oxygen atoms in total. The quantitative estimate of drug-likeness (QED) is 0.651. The summed E-state index contributed by atoms with van der Waals surface area (Å²) in [6.07, 6.45) is 2.28. The molecule has 0 heteroatoms. The predicted octanol–water partition coefficient (Wildman–Crippen LogP) is 4.02. The lowest BCUT2D eigenvalue weighted by molar-refractivity contribution is 0.775. The van der Waals surface area contributed by atoms with Crippen LogP contribution in [0.2, 0.25) is 0 Å². The average molecular weight is 175 g/mol. The molecule has 0 amide bonds. The van der Waals surface area contributed by atoms with Crippen LogP contribution in [0.15, 0.2) is 24.3 Å². The van der Waals surface area contributed by atoms with E-state index in [4.69, 9.17) is 0 Å². The first-order valence-corrected chi connectivity index (χ1v) is 5.04. The minimum Gasteiger partial charge on any atom is -0.0622 e. The summed E-state index contributed by atoms with van der Waals surface area (Å²) >= 11 is 0. The van der Waals surface area contributed by atoms with Gasteiger partial charge in [-0.2, -0.15) is 0 Å².